The molecule has 1 aliphatic rings. The molecule has 1 fully saturated rings. The third-order valence-electron chi connectivity index (χ3n) is 4.13. The Kier molecular flexibility index (Phi) is 4.84. The minimum Gasteiger partial charge on any atom is -0.352 e. The molecule has 0 aromatic carbocycles. The van der Waals surface area contributed by atoms with Gasteiger partial charge in [0.15, 0.2) is 0 Å². The van der Waals surface area contributed by atoms with Gasteiger partial charge in [0.2, 0.25) is 10.0 Å². The Morgan fingerprint density at radius 1 is 1.45 bits per heavy atom. The Morgan fingerprint density at radius 3 is 2.60 bits per heavy atom. The first-order valence-corrected chi connectivity index (χ1v) is 9.53. The van der Waals surface area contributed by atoms with Crippen molar-refractivity contribution in [1.29, 1.82) is 0 Å². The molecule has 20 heavy (non-hydrogen) atoms. The minimum atomic E-state index is -3.45. The van der Waals surface area contributed by atoms with Crippen LogP contribution in [0.1, 0.15) is 31.4 Å². The maximum Gasteiger partial charge on any atom is 0.242 e. The van der Waals surface area contributed by atoms with Crippen molar-refractivity contribution in [3.8, 4) is 0 Å². The van der Waals surface area contributed by atoms with Gasteiger partial charge in [-0.15, -0.1) is 0 Å². The second kappa shape index (κ2) is 6.09. The fourth-order valence-electron chi connectivity index (χ4n) is 2.71. The van der Waals surface area contributed by atoms with E-state index in [4.69, 9.17) is 5.73 Å². The molecule has 0 spiro atoms. The number of nitrogens with one attached hydrogen (secondary N) is 1. The number of nitrogens with two attached hydrogens (primary N) is 1. The lowest BCUT2D eigenvalue weighted by molar-refractivity contribution is 0.551. The van der Waals surface area contributed by atoms with Crippen molar-refractivity contribution in [2.45, 2.75) is 41.9 Å². The van der Waals surface area contributed by atoms with E-state index in [0.29, 0.717) is 18.0 Å². The van der Waals surface area contributed by atoms with Gasteiger partial charge in [-0.3, -0.25) is 0 Å². The van der Waals surface area contributed by atoms with Crippen LogP contribution in [0.4, 0.5) is 0 Å². The molecule has 1 aromatic rings. The molecule has 0 radical (unpaired) electrons. The van der Waals surface area contributed by atoms with E-state index >= 15 is 0 Å². The molecule has 114 valence electrons. The lowest BCUT2D eigenvalue weighted by Gasteiger charge is -2.26. The molecule has 7 heteroatoms. The van der Waals surface area contributed by atoms with Gasteiger partial charge in [-0.05, 0) is 25.2 Å². The van der Waals surface area contributed by atoms with Crippen molar-refractivity contribution >= 4 is 21.8 Å². The normalized spacial score (nSPS) is 18.6. The van der Waals surface area contributed by atoms with E-state index in [1.165, 1.54) is 12.8 Å². The maximum atomic E-state index is 12.4. The van der Waals surface area contributed by atoms with Gasteiger partial charge in [0.05, 0.1) is 4.90 Å². The van der Waals surface area contributed by atoms with Crippen LogP contribution in [0.25, 0.3) is 0 Å². The van der Waals surface area contributed by atoms with Gasteiger partial charge in [0, 0.05) is 36.8 Å². The Labute approximate surface area is 125 Å². The summed E-state index contributed by atoms with van der Waals surface area (Å²) in [5, 5.41) is 0. The van der Waals surface area contributed by atoms with Crippen LogP contribution in [-0.4, -0.2) is 30.5 Å². The van der Waals surface area contributed by atoms with Crippen LogP contribution in [0.3, 0.4) is 0 Å². The molecule has 0 amide bonds. The number of rotatable bonds is 6. The van der Waals surface area contributed by atoms with Crippen molar-refractivity contribution in [2.24, 2.45) is 12.8 Å². The number of aryl methyl sites for hydroxylation is 1. The predicted molar refractivity (Wildman–Crippen MR) is 83.2 cm³/mol. The van der Waals surface area contributed by atoms with Gasteiger partial charge in [-0.2, -0.15) is 11.8 Å². The molecule has 5 nitrogen and oxygen atoms in total. The van der Waals surface area contributed by atoms with Gasteiger partial charge in [0.1, 0.15) is 0 Å². The van der Waals surface area contributed by atoms with E-state index < -0.39 is 10.0 Å². The SMILES string of the molecule is CSC1(CNS(=O)(=O)c2cc(CN)n(C)c2)CCCC1. The number of nitrogens with zero attached hydrogens (tertiary/aromatic N) is 1. The van der Waals surface area contributed by atoms with E-state index in [1.807, 2.05) is 7.05 Å². The minimum absolute atomic E-state index is 0.0680. The molecule has 1 aliphatic carbocycles. The molecular formula is C13H23N3O2S2. The zero-order valence-electron chi connectivity index (χ0n) is 12.1. The van der Waals surface area contributed by atoms with Crippen LogP contribution in [0.5, 0.6) is 0 Å². The van der Waals surface area contributed by atoms with E-state index in [1.54, 1.807) is 28.6 Å². The van der Waals surface area contributed by atoms with Crippen molar-refractivity contribution in [1.82, 2.24) is 9.29 Å². The highest BCUT2D eigenvalue weighted by molar-refractivity contribution is 8.00. The first-order chi connectivity index (χ1) is 9.42. The van der Waals surface area contributed by atoms with E-state index in [2.05, 4.69) is 11.0 Å². The third-order valence-corrected chi connectivity index (χ3v) is 6.92. The summed E-state index contributed by atoms with van der Waals surface area (Å²) < 4.78 is 29.3. The molecule has 0 aliphatic heterocycles. The van der Waals surface area contributed by atoms with Crippen molar-refractivity contribution < 1.29 is 8.42 Å². The Bertz CT molecular complexity index is 560. The van der Waals surface area contributed by atoms with Crippen LogP contribution in [-0.2, 0) is 23.6 Å². The van der Waals surface area contributed by atoms with Gasteiger partial charge < -0.3 is 10.3 Å². The van der Waals surface area contributed by atoms with Crippen LogP contribution in [0.15, 0.2) is 17.2 Å². The smallest absolute Gasteiger partial charge is 0.242 e. The largest absolute Gasteiger partial charge is 0.352 e. The van der Waals surface area contributed by atoms with Crippen molar-refractivity contribution in [3.63, 3.8) is 0 Å². The average Bonchev–Trinajstić information content (AvgIpc) is 3.04. The molecule has 0 unspecified atom stereocenters. The molecule has 0 saturated heterocycles. The summed E-state index contributed by atoms with van der Waals surface area (Å²) in [5.41, 5.74) is 6.39. The first-order valence-electron chi connectivity index (χ1n) is 6.83. The quantitative estimate of drug-likeness (QED) is 0.832. The first kappa shape index (κ1) is 15.9. The summed E-state index contributed by atoms with van der Waals surface area (Å²) in [5.74, 6) is 0. The summed E-state index contributed by atoms with van der Waals surface area (Å²) in [6, 6.07) is 1.64. The molecule has 1 saturated carbocycles. The topological polar surface area (TPSA) is 77.1 Å². The molecule has 0 atom stereocenters. The number of hydrogen-bond donors (Lipinski definition) is 2. The van der Waals surface area contributed by atoms with E-state index in [0.717, 1.165) is 18.5 Å². The van der Waals surface area contributed by atoms with Crippen LogP contribution >= 0.6 is 11.8 Å². The lowest BCUT2D eigenvalue weighted by Crippen LogP contribution is -2.38. The molecule has 1 heterocycles. The van der Waals surface area contributed by atoms with Gasteiger partial charge >= 0.3 is 0 Å². The Hall–Kier alpha value is -0.500. The van der Waals surface area contributed by atoms with E-state index in [-0.39, 0.29) is 4.75 Å². The van der Waals surface area contributed by atoms with Crippen LogP contribution in [0, 0.1) is 0 Å². The second-order valence-corrected chi connectivity index (χ2v) is 8.44. The third kappa shape index (κ3) is 3.21. The number of hydrogen-bond acceptors (Lipinski definition) is 4. The fraction of sp³-hybridized carbons (Fsp3) is 0.692. The summed E-state index contributed by atoms with van der Waals surface area (Å²) in [4.78, 5) is 0.301. The highest BCUT2D eigenvalue weighted by Crippen LogP contribution is 2.39. The van der Waals surface area contributed by atoms with Crippen molar-refractivity contribution in [2.75, 3.05) is 12.8 Å². The number of thioether (sulfide) groups is 1. The number of aromatic nitrogens is 1. The average molecular weight is 317 g/mol. The van der Waals surface area contributed by atoms with Gasteiger partial charge in [-0.25, -0.2) is 13.1 Å². The molecule has 2 rings (SSSR count). The fourth-order valence-corrected chi connectivity index (χ4v) is 4.94. The zero-order valence-corrected chi connectivity index (χ0v) is 13.7. The summed E-state index contributed by atoms with van der Waals surface area (Å²) in [6.07, 6.45) is 8.22. The highest BCUT2D eigenvalue weighted by Gasteiger charge is 2.34. The van der Waals surface area contributed by atoms with Crippen molar-refractivity contribution in [3.05, 3.63) is 18.0 Å². The number of sulfonamides is 1. The summed E-state index contributed by atoms with van der Waals surface area (Å²) in [6.45, 7) is 0.837. The monoisotopic (exact) mass is 317 g/mol. The van der Waals surface area contributed by atoms with Crippen LogP contribution < -0.4 is 10.5 Å². The van der Waals surface area contributed by atoms with Gasteiger partial charge in [-0.1, -0.05) is 12.8 Å². The standard InChI is InChI=1S/C13H23N3O2S2/c1-16-9-12(7-11(16)8-14)20(17,18)15-10-13(19-2)5-3-4-6-13/h7,9,15H,3-6,8,10,14H2,1-2H3. The summed E-state index contributed by atoms with van der Waals surface area (Å²) in [7, 11) is -1.64. The molecule has 3 N–H and O–H groups in total. The highest BCUT2D eigenvalue weighted by atomic mass is 32.2. The lowest BCUT2D eigenvalue weighted by atomic mass is 10.1. The Balaban J connectivity index is 2.10. The van der Waals surface area contributed by atoms with E-state index in [9.17, 15) is 8.42 Å². The zero-order chi connectivity index (χ0) is 14.8. The van der Waals surface area contributed by atoms with Crippen LogP contribution in [0.2, 0.25) is 0 Å². The molecule has 0 bridgehead atoms. The summed E-state index contributed by atoms with van der Waals surface area (Å²) >= 11 is 1.78. The Morgan fingerprint density at radius 2 is 2.10 bits per heavy atom. The second-order valence-electron chi connectivity index (χ2n) is 5.40. The predicted octanol–water partition coefficient (Wildman–Crippen LogP) is 1.44. The molecular weight excluding hydrogens is 294 g/mol. The van der Waals surface area contributed by atoms with Gasteiger partial charge in [0.25, 0.3) is 0 Å². The molecule has 1 aromatic heterocycles. The maximum absolute atomic E-state index is 12.4.